The Morgan fingerprint density at radius 2 is 2.06 bits per heavy atom. The van der Waals surface area contributed by atoms with Gasteiger partial charge in [0.15, 0.2) is 0 Å². The second-order valence-electron chi connectivity index (χ2n) is 4.21. The van der Waals surface area contributed by atoms with E-state index in [2.05, 4.69) is 17.2 Å². The van der Waals surface area contributed by atoms with Gasteiger partial charge in [-0.3, -0.25) is 0 Å². The summed E-state index contributed by atoms with van der Waals surface area (Å²) in [6.07, 6.45) is 3.74. The van der Waals surface area contributed by atoms with E-state index in [0.717, 1.165) is 30.8 Å². The summed E-state index contributed by atoms with van der Waals surface area (Å²) in [5, 5.41) is 4.39. The molecule has 2 rings (SSSR count). The van der Waals surface area contributed by atoms with Gasteiger partial charge in [0.25, 0.3) is 0 Å². The Balaban J connectivity index is 2.15. The first-order valence-electron chi connectivity index (χ1n) is 6.18. The molecular formula is C14H19N3O. The van der Waals surface area contributed by atoms with E-state index < -0.39 is 0 Å². The van der Waals surface area contributed by atoms with Crippen LogP contribution in [0.4, 0.5) is 0 Å². The van der Waals surface area contributed by atoms with Gasteiger partial charge < -0.3 is 10.5 Å². The molecule has 2 N–H and O–H groups in total. The Morgan fingerprint density at radius 3 is 2.72 bits per heavy atom. The predicted molar refractivity (Wildman–Crippen MR) is 71.7 cm³/mol. The van der Waals surface area contributed by atoms with Gasteiger partial charge in [-0.15, -0.1) is 0 Å². The van der Waals surface area contributed by atoms with E-state index in [1.165, 1.54) is 5.56 Å². The van der Waals surface area contributed by atoms with Crippen LogP contribution in [0.1, 0.15) is 17.5 Å². The minimum absolute atomic E-state index is 0.688. The van der Waals surface area contributed by atoms with Crippen LogP contribution < -0.4 is 10.5 Å². The molecule has 4 nitrogen and oxygen atoms in total. The van der Waals surface area contributed by atoms with Crippen molar-refractivity contribution in [3.63, 3.8) is 0 Å². The fraction of sp³-hybridized carbons (Fsp3) is 0.357. The number of hydrogen-bond donors (Lipinski definition) is 1. The first kappa shape index (κ1) is 12.6. The van der Waals surface area contributed by atoms with Crippen molar-refractivity contribution in [3.05, 3.63) is 47.7 Å². The fourth-order valence-electron chi connectivity index (χ4n) is 1.98. The molecule has 0 aliphatic heterocycles. The van der Waals surface area contributed by atoms with Gasteiger partial charge in [0, 0.05) is 5.56 Å². The lowest BCUT2D eigenvalue weighted by Gasteiger charge is -2.08. The highest BCUT2D eigenvalue weighted by molar-refractivity contribution is 5.26. The number of nitrogens with two attached hydrogens (primary N) is 1. The molecule has 0 atom stereocenters. The van der Waals surface area contributed by atoms with E-state index in [-0.39, 0.29) is 0 Å². The fourth-order valence-corrected chi connectivity index (χ4v) is 1.98. The number of ether oxygens (including phenoxy) is 1. The molecule has 0 saturated heterocycles. The van der Waals surface area contributed by atoms with Gasteiger partial charge in [-0.2, -0.15) is 5.10 Å². The van der Waals surface area contributed by atoms with Crippen LogP contribution in [0.5, 0.6) is 5.88 Å². The van der Waals surface area contributed by atoms with Crippen LogP contribution in [0.15, 0.2) is 36.5 Å². The maximum absolute atomic E-state index is 5.53. The van der Waals surface area contributed by atoms with Gasteiger partial charge in [-0.1, -0.05) is 30.3 Å². The average molecular weight is 245 g/mol. The maximum Gasteiger partial charge on any atom is 0.215 e. The molecule has 0 radical (unpaired) electrons. The number of aryl methyl sites for hydroxylation is 1. The Morgan fingerprint density at radius 1 is 1.28 bits per heavy atom. The van der Waals surface area contributed by atoms with Gasteiger partial charge in [0.2, 0.25) is 5.88 Å². The molecule has 0 bridgehead atoms. The Labute approximate surface area is 107 Å². The lowest BCUT2D eigenvalue weighted by Crippen LogP contribution is -2.05. The molecule has 0 spiro atoms. The van der Waals surface area contributed by atoms with E-state index in [4.69, 9.17) is 10.5 Å². The second-order valence-corrected chi connectivity index (χ2v) is 4.21. The minimum atomic E-state index is 0.688. The van der Waals surface area contributed by atoms with Crippen LogP contribution in [0.2, 0.25) is 0 Å². The van der Waals surface area contributed by atoms with Crippen LogP contribution in [0.3, 0.4) is 0 Å². The third-order valence-electron chi connectivity index (χ3n) is 2.88. The normalized spacial score (nSPS) is 10.6. The quantitative estimate of drug-likeness (QED) is 0.844. The van der Waals surface area contributed by atoms with Crippen LogP contribution in [-0.4, -0.2) is 23.4 Å². The molecule has 0 unspecified atom stereocenters. The van der Waals surface area contributed by atoms with Crippen molar-refractivity contribution in [2.24, 2.45) is 5.73 Å². The standard InChI is InChI=1S/C14H19N3O/c1-18-14-13(8-5-9-15)10-16-17(14)11-12-6-3-2-4-7-12/h2-4,6-7,10H,5,8-9,11,15H2,1H3. The van der Waals surface area contributed by atoms with Crippen molar-refractivity contribution in [3.8, 4) is 5.88 Å². The number of rotatable bonds is 6. The van der Waals surface area contributed by atoms with E-state index >= 15 is 0 Å². The summed E-state index contributed by atoms with van der Waals surface area (Å²) in [6, 6.07) is 10.2. The van der Waals surface area contributed by atoms with Crippen molar-refractivity contribution in [2.45, 2.75) is 19.4 Å². The summed E-state index contributed by atoms with van der Waals surface area (Å²) in [7, 11) is 1.68. The largest absolute Gasteiger partial charge is 0.481 e. The molecule has 2 aromatic rings. The SMILES string of the molecule is COc1c(CCCN)cnn1Cc1ccccc1. The van der Waals surface area contributed by atoms with Crippen molar-refractivity contribution in [1.82, 2.24) is 9.78 Å². The zero-order valence-electron chi connectivity index (χ0n) is 10.7. The van der Waals surface area contributed by atoms with E-state index in [1.54, 1.807) is 7.11 Å². The summed E-state index contributed by atoms with van der Waals surface area (Å²) in [4.78, 5) is 0. The monoisotopic (exact) mass is 245 g/mol. The number of methoxy groups -OCH3 is 1. The number of nitrogens with zero attached hydrogens (tertiary/aromatic N) is 2. The van der Waals surface area contributed by atoms with Gasteiger partial charge in [-0.25, -0.2) is 4.68 Å². The molecule has 0 aliphatic carbocycles. The molecule has 0 saturated carbocycles. The number of benzene rings is 1. The van der Waals surface area contributed by atoms with Crippen molar-refractivity contribution in [2.75, 3.05) is 13.7 Å². The summed E-state index contributed by atoms with van der Waals surface area (Å²) >= 11 is 0. The highest BCUT2D eigenvalue weighted by Crippen LogP contribution is 2.20. The number of aromatic nitrogens is 2. The number of hydrogen-bond acceptors (Lipinski definition) is 3. The van der Waals surface area contributed by atoms with Gasteiger partial charge in [-0.05, 0) is 24.9 Å². The van der Waals surface area contributed by atoms with Crippen LogP contribution in [0, 0.1) is 0 Å². The average Bonchev–Trinajstić information content (AvgIpc) is 2.79. The molecule has 4 heteroatoms. The Kier molecular flexibility index (Phi) is 4.36. The molecule has 0 amide bonds. The third kappa shape index (κ3) is 2.90. The zero-order chi connectivity index (χ0) is 12.8. The topological polar surface area (TPSA) is 53.1 Å². The summed E-state index contributed by atoms with van der Waals surface area (Å²) in [5.41, 5.74) is 7.87. The van der Waals surface area contributed by atoms with Crippen molar-refractivity contribution < 1.29 is 4.74 Å². The lowest BCUT2D eigenvalue weighted by atomic mass is 10.2. The smallest absolute Gasteiger partial charge is 0.215 e. The molecule has 0 aliphatic rings. The van der Waals surface area contributed by atoms with Crippen molar-refractivity contribution in [1.29, 1.82) is 0 Å². The Bertz CT molecular complexity index is 479. The molecular weight excluding hydrogens is 226 g/mol. The van der Waals surface area contributed by atoms with E-state index in [9.17, 15) is 0 Å². The molecule has 1 heterocycles. The van der Waals surface area contributed by atoms with Crippen LogP contribution in [0.25, 0.3) is 0 Å². The molecule has 18 heavy (non-hydrogen) atoms. The predicted octanol–water partition coefficient (Wildman–Crippen LogP) is 1.83. The summed E-state index contributed by atoms with van der Waals surface area (Å²) < 4.78 is 7.34. The molecule has 1 aromatic carbocycles. The zero-order valence-corrected chi connectivity index (χ0v) is 10.7. The maximum atomic E-state index is 5.53. The van der Waals surface area contributed by atoms with Gasteiger partial charge >= 0.3 is 0 Å². The van der Waals surface area contributed by atoms with Crippen LogP contribution >= 0.6 is 0 Å². The van der Waals surface area contributed by atoms with E-state index in [1.807, 2.05) is 29.1 Å². The molecule has 0 fully saturated rings. The summed E-state index contributed by atoms with van der Waals surface area (Å²) in [5.74, 6) is 0.840. The highest BCUT2D eigenvalue weighted by atomic mass is 16.5. The summed E-state index contributed by atoms with van der Waals surface area (Å²) in [6.45, 7) is 1.42. The van der Waals surface area contributed by atoms with E-state index in [0.29, 0.717) is 6.54 Å². The van der Waals surface area contributed by atoms with Crippen molar-refractivity contribution >= 4 is 0 Å². The molecule has 1 aromatic heterocycles. The minimum Gasteiger partial charge on any atom is -0.481 e. The Hall–Kier alpha value is -1.81. The molecule has 96 valence electrons. The third-order valence-corrected chi connectivity index (χ3v) is 2.88. The highest BCUT2D eigenvalue weighted by Gasteiger charge is 2.10. The first-order chi connectivity index (χ1) is 8.85. The second kappa shape index (κ2) is 6.21. The lowest BCUT2D eigenvalue weighted by molar-refractivity contribution is 0.362. The van der Waals surface area contributed by atoms with Gasteiger partial charge in [0.1, 0.15) is 0 Å². The van der Waals surface area contributed by atoms with Crippen LogP contribution in [-0.2, 0) is 13.0 Å². The van der Waals surface area contributed by atoms with Gasteiger partial charge in [0.05, 0.1) is 19.9 Å². The first-order valence-corrected chi connectivity index (χ1v) is 6.18.